The van der Waals surface area contributed by atoms with Gasteiger partial charge in [-0.25, -0.2) is 0 Å². The van der Waals surface area contributed by atoms with Crippen LogP contribution in [0.5, 0.6) is 0 Å². The van der Waals surface area contributed by atoms with Gasteiger partial charge < -0.3 is 9.88 Å². The maximum Gasteiger partial charge on any atom is 0.253 e. The van der Waals surface area contributed by atoms with Crippen LogP contribution in [0, 0.1) is 6.92 Å². The van der Waals surface area contributed by atoms with Gasteiger partial charge in [0.15, 0.2) is 0 Å². The van der Waals surface area contributed by atoms with E-state index in [1.807, 2.05) is 19.2 Å². The van der Waals surface area contributed by atoms with E-state index in [0.29, 0.717) is 0 Å². The third-order valence-electron chi connectivity index (χ3n) is 3.41. The Labute approximate surface area is 94.1 Å². The van der Waals surface area contributed by atoms with Gasteiger partial charge in [-0.1, -0.05) is 18.2 Å². The predicted molar refractivity (Wildman–Crippen MR) is 63.7 cm³/mol. The number of para-hydroxylation sites is 1. The number of hydrogen-bond donors (Lipinski definition) is 1. The molecule has 0 aliphatic carbocycles. The molecule has 1 amide bonds. The van der Waals surface area contributed by atoms with Gasteiger partial charge in [0.05, 0.1) is 11.1 Å². The van der Waals surface area contributed by atoms with Crippen LogP contribution in [-0.4, -0.2) is 17.0 Å². The van der Waals surface area contributed by atoms with Gasteiger partial charge in [0.1, 0.15) is 0 Å². The minimum Gasteiger partial charge on any atom is -0.352 e. The van der Waals surface area contributed by atoms with Crippen LogP contribution in [0.15, 0.2) is 18.2 Å². The second kappa shape index (κ2) is 3.11. The third-order valence-corrected chi connectivity index (χ3v) is 3.41. The fourth-order valence-electron chi connectivity index (χ4n) is 2.69. The van der Waals surface area contributed by atoms with Gasteiger partial charge >= 0.3 is 0 Å². The minimum atomic E-state index is 0.0671. The molecule has 2 heterocycles. The molecule has 0 fully saturated rings. The number of rotatable bonds is 0. The smallest absolute Gasteiger partial charge is 0.253 e. The molecule has 3 nitrogen and oxygen atoms in total. The number of fused-ring (bicyclic) bond motifs is 3. The van der Waals surface area contributed by atoms with Crippen LogP contribution in [0.1, 0.15) is 21.6 Å². The second-order valence-electron chi connectivity index (χ2n) is 4.36. The summed E-state index contributed by atoms with van der Waals surface area (Å²) in [6.45, 7) is 2.83. The summed E-state index contributed by atoms with van der Waals surface area (Å²) in [5, 5.41) is 3.99. The van der Waals surface area contributed by atoms with Crippen molar-refractivity contribution in [2.24, 2.45) is 7.05 Å². The highest BCUT2D eigenvalue weighted by molar-refractivity contribution is 6.09. The molecule has 1 aliphatic heterocycles. The number of amides is 1. The first-order chi connectivity index (χ1) is 7.70. The Morgan fingerprint density at radius 1 is 1.38 bits per heavy atom. The average Bonchev–Trinajstić information content (AvgIpc) is 2.56. The van der Waals surface area contributed by atoms with Gasteiger partial charge in [-0.2, -0.15) is 0 Å². The number of benzene rings is 1. The van der Waals surface area contributed by atoms with Crippen molar-refractivity contribution in [2.45, 2.75) is 13.3 Å². The number of hydrogen-bond acceptors (Lipinski definition) is 1. The number of aryl methyl sites for hydroxylation is 2. The molecule has 1 N–H and O–H groups in total. The highest BCUT2D eigenvalue weighted by atomic mass is 16.1. The molecule has 0 saturated heterocycles. The monoisotopic (exact) mass is 214 g/mol. The number of carbonyl (C=O) groups is 1. The number of aromatic nitrogens is 1. The van der Waals surface area contributed by atoms with E-state index in [0.717, 1.165) is 29.6 Å². The molecule has 0 spiro atoms. The molecule has 1 aromatic carbocycles. The van der Waals surface area contributed by atoms with Crippen molar-refractivity contribution in [3.8, 4) is 0 Å². The van der Waals surface area contributed by atoms with Crippen molar-refractivity contribution in [1.82, 2.24) is 9.88 Å². The molecule has 3 rings (SSSR count). The van der Waals surface area contributed by atoms with Crippen molar-refractivity contribution in [3.63, 3.8) is 0 Å². The van der Waals surface area contributed by atoms with Gasteiger partial charge in [0.25, 0.3) is 5.91 Å². The normalized spacial score (nSPS) is 15.0. The summed E-state index contributed by atoms with van der Waals surface area (Å²) < 4.78 is 2.17. The number of nitrogens with zero attached hydrogens (tertiary/aromatic N) is 1. The quantitative estimate of drug-likeness (QED) is 0.712. The summed E-state index contributed by atoms with van der Waals surface area (Å²) in [5.41, 5.74) is 4.44. The topological polar surface area (TPSA) is 34.0 Å². The minimum absolute atomic E-state index is 0.0671. The van der Waals surface area contributed by atoms with E-state index >= 15 is 0 Å². The SMILES string of the molecule is Cc1cccc2c3c(n(C)c12)CCNC3=O. The third kappa shape index (κ3) is 1.06. The van der Waals surface area contributed by atoms with Gasteiger partial charge in [-0.3, -0.25) is 4.79 Å². The van der Waals surface area contributed by atoms with E-state index in [1.54, 1.807) is 0 Å². The van der Waals surface area contributed by atoms with E-state index in [1.165, 1.54) is 11.1 Å². The Morgan fingerprint density at radius 2 is 2.19 bits per heavy atom. The van der Waals surface area contributed by atoms with Crippen molar-refractivity contribution in [2.75, 3.05) is 6.54 Å². The van der Waals surface area contributed by atoms with Crippen LogP contribution in [0.25, 0.3) is 10.9 Å². The summed E-state index contributed by atoms with van der Waals surface area (Å²) in [7, 11) is 2.05. The maximum absolute atomic E-state index is 11.9. The Hall–Kier alpha value is -1.77. The van der Waals surface area contributed by atoms with Crippen LogP contribution in [0.4, 0.5) is 0 Å². The molecule has 3 heteroatoms. The first-order valence-corrected chi connectivity index (χ1v) is 5.55. The molecule has 2 aromatic rings. The molecular weight excluding hydrogens is 200 g/mol. The lowest BCUT2D eigenvalue weighted by Gasteiger charge is -2.14. The van der Waals surface area contributed by atoms with Crippen LogP contribution in [-0.2, 0) is 13.5 Å². The fraction of sp³-hybridized carbons (Fsp3) is 0.308. The summed E-state index contributed by atoms with van der Waals surface area (Å²) in [6.07, 6.45) is 0.922. The second-order valence-corrected chi connectivity index (χ2v) is 4.36. The van der Waals surface area contributed by atoms with Crippen LogP contribution in [0.3, 0.4) is 0 Å². The zero-order chi connectivity index (χ0) is 11.3. The van der Waals surface area contributed by atoms with E-state index in [2.05, 4.69) is 22.9 Å². The van der Waals surface area contributed by atoms with Crippen LogP contribution >= 0.6 is 0 Å². The van der Waals surface area contributed by atoms with Gasteiger partial charge in [-0.05, 0) is 12.5 Å². The van der Waals surface area contributed by atoms with Crippen LogP contribution < -0.4 is 5.32 Å². The molecule has 82 valence electrons. The molecule has 1 aromatic heterocycles. The lowest BCUT2D eigenvalue weighted by Crippen LogP contribution is -2.32. The van der Waals surface area contributed by atoms with E-state index in [-0.39, 0.29) is 5.91 Å². The molecular formula is C13H14N2O. The largest absolute Gasteiger partial charge is 0.352 e. The fourth-order valence-corrected chi connectivity index (χ4v) is 2.69. The number of nitrogens with one attached hydrogen (secondary N) is 1. The van der Waals surface area contributed by atoms with Crippen molar-refractivity contribution in [1.29, 1.82) is 0 Å². The lowest BCUT2D eigenvalue weighted by atomic mass is 10.0. The summed E-state index contributed by atoms with van der Waals surface area (Å²) in [5.74, 6) is 0.0671. The van der Waals surface area contributed by atoms with E-state index in [9.17, 15) is 4.79 Å². The molecule has 1 aliphatic rings. The van der Waals surface area contributed by atoms with Crippen molar-refractivity contribution in [3.05, 3.63) is 35.0 Å². The first kappa shape index (κ1) is 9.46. The molecule has 0 unspecified atom stereocenters. The molecule has 0 bridgehead atoms. The molecule has 0 radical (unpaired) electrons. The zero-order valence-electron chi connectivity index (χ0n) is 9.50. The van der Waals surface area contributed by atoms with E-state index in [4.69, 9.17) is 0 Å². The average molecular weight is 214 g/mol. The number of carbonyl (C=O) groups excluding carboxylic acids is 1. The Morgan fingerprint density at radius 3 is 3.00 bits per heavy atom. The maximum atomic E-state index is 11.9. The van der Waals surface area contributed by atoms with Crippen molar-refractivity contribution >= 4 is 16.8 Å². The van der Waals surface area contributed by atoms with Crippen LogP contribution in [0.2, 0.25) is 0 Å². The standard InChI is InChI=1S/C13H14N2O/c1-8-4-3-5-9-11-10(15(2)12(8)9)6-7-14-13(11)16/h3-5H,6-7H2,1-2H3,(H,14,16). The highest BCUT2D eigenvalue weighted by Crippen LogP contribution is 2.29. The summed E-state index contributed by atoms with van der Waals surface area (Å²) in [4.78, 5) is 11.9. The summed E-state index contributed by atoms with van der Waals surface area (Å²) >= 11 is 0. The van der Waals surface area contributed by atoms with Gasteiger partial charge in [-0.15, -0.1) is 0 Å². The molecule has 0 saturated carbocycles. The Bertz CT molecular complexity index is 595. The lowest BCUT2D eigenvalue weighted by molar-refractivity contribution is 0.0947. The Balaban J connectivity index is 2.49. The van der Waals surface area contributed by atoms with Gasteiger partial charge in [0, 0.05) is 31.1 Å². The zero-order valence-corrected chi connectivity index (χ0v) is 9.50. The molecule has 16 heavy (non-hydrogen) atoms. The van der Waals surface area contributed by atoms with Crippen molar-refractivity contribution < 1.29 is 4.79 Å². The first-order valence-electron chi connectivity index (χ1n) is 5.55. The Kier molecular flexibility index (Phi) is 1.84. The molecule has 0 atom stereocenters. The van der Waals surface area contributed by atoms with E-state index < -0.39 is 0 Å². The summed E-state index contributed by atoms with van der Waals surface area (Å²) in [6, 6.07) is 6.14. The van der Waals surface area contributed by atoms with Gasteiger partial charge in [0.2, 0.25) is 0 Å². The highest BCUT2D eigenvalue weighted by Gasteiger charge is 2.24. The predicted octanol–water partition coefficient (Wildman–Crippen LogP) is 1.77.